The highest BCUT2D eigenvalue weighted by Crippen LogP contribution is 2.29. The van der Waals surface area contributed by atoms with Crippen LogP contribution < -0.4 is 10.1 Å². The van der Waals surface area contributed by atoms with Gasteiger partial charge >= 0.3 is 0 Å². The summed E-state index contributed by atoms with van der Waals surface area (Å²) < 4.78 is 31.1. The van der Waals surface area contributed by atoms with Gasteiger partial charge in [0.2, 0.25) is 15.9 Å². The standard InChI is InChI=1S/C21H23N3O4S2/c1-14-11-21(23-17-8-6-5-7-16(14)17)29-13-20(25)22-18-12-15(9-10-19(18)28-4)30(26,27)24(2)3/h5-12H,13H2,1-4H3,(H,22,25). The van der Waals surface area contributed by atoms with E-state index in [1.807, 2.05) is 37.3 Å². The van der Waals surface area contributed by atoms with Crippen molar-refractivity contribution in [1.82, 2.24) is 9.29 Å². The molecule has 0 saturated heterocycles. The van der Waals surface area contributed by atoms with Crippen molar-refractivity contribution in [2.75, 3.05) is 32.3 Å². The lowest BCUT2D eigenvalue weighted by atomic mass is 10.1. The molecular formula is C21H23N3O4S2. The smallest absolute Gasteiger partial charge is 0.242 e. The summed E-state index contributed by atoms with van der Waals surface area (Å²) in [6.07, 6.45) is 0. The molecule has 0 bridgehead atoms. The van der Waals surface area contributed by atoms with Gasteiger partial charge in [-0.2, -0.15) is 0 Å². The minimum absolute atomic E-state index is 0.0723. The van der Waals surface area contributed by atoms with Gasteiger partial charge in [0.15, 0.2) is 0 Å². The first-order valence-electron chi connectivity index (χ1n) is 9.12. The SMILES string of the molecule is COc1ccc(S(=O)(=O)N(C)C)cc1NC(=O)CSc1cc(C)c2ccccc2n1. The third-order valence-corrected chi connectivity index (χ3v) is 7.20. The molecule has 3 aromatic rings. The van der Waals surface area contributed by atoms with Gasteiger partial charge in [0, 0.05) is 19.5 Å². The normalized spacial score (nSPS) is 11.6. The average molecular weight is 446 g/mol. The molecule has 0 aliphatic rings. The average Bonchev–Trinajstić information content (AvgIpc) is 2.72. The Kier molecular flexibility index (Phi) is 6.64. The van der Waals surface area contributed by atoms with Crippen LogP contribution in [-0.4, -0.2) is 50.6 Å². The van der Waals surface area contributed by atoms with Gasteiger partial charge in [-0.25, -0.2) is 17.7 Å². The van der Waals surface area contributed by atoms with Crippen molar-refractivity contribution in [3.8, 4) is 5.75 Å². The highest BCUT2D eigenvalue weighted by molar-refractivity contribution is 7.99. The molecule has 2 aromatic carbocycles. The molecule has 0 aliphatic heterocycles. The number of anilines is 1. The first kappa shape index (κ1) is 22.1. The number of hydrogen-bond donors (Lipinski definition) is 1. The van der Waals surface area contributed by atoms with E-state index in [-0.39, 0.29) is 16.6 Å². The molecule has 0 aliphatic carbocycles. The van der Waals surface area contributed by atoms with Crippen LogP contribution in [-0.2, 0) is 14.8 Å². The highest BCUT2D eigenvalue weighted by Gasteiger charge is 2.20. The largest absolute Gasteiger partial charge is 0.495 e. The summed E-state index contributed by atoms with van der Waals surface area (Å²) in [5.74, 6) is 0.217. The lowest BCUT2D eigenvalue weighted by molar-refractivity contribution is -0.113. The van der Waals surface area contributed by atoms with Crippen LogP contribution in [0.3, 0.4) is 0 Å². The van der Waals surface area contributed by atoms with E-state index in [2.05, 4.69) is 10.3 Å². The number of rotatable bonds is 7. The molecule has 1 aromatic heterocycles. The maximum atomic E-state index is 12.5. The van der Waals surface area contributed by atoms with Crippen LogP contribution in [0.5, 0.6) is 5.75 Å². The van der Waals surface area contributed by atoms with E-state index in [9.17, 15) is 13.2 Å². The summed E-state index contributed by atoms with van der Waals surface area (Å²) >= 11 is 1.31. The van der Waals surface area contributed by atoms with Gasteiger partial charge in [-0.15, -0.1) is 0 Å². The monoisotopic (exact) mass is 445 g/mol. The molecule has 3 rings (SSSR count). The Labute approximate surface area is 180 Å². The maximum absolute atomic E-state index is 12.5. The summed E-state index contributed by atoms with van der Waals surface area (Å²) in [6, 6.07) is 14.2. The van der Waals surface area contributed by atoms with Crippen LogP contribution in [0.2, 0.25) is 0 Å². The molecule has 0 fully saturated rings. The van der Waals surface area contributed by atoms with Gasteiger partial charge in [0.1, 0.15) is 5.75 Å². The summed E-state index contributed by atoms with van der Waals surface area (Å²) in [4.78, 5) is 17.2. The number of nitrogens with zero attached hydrogens (tertiary/aromatic N) is 2. The summed E-state index contributed by atoms with van der Waals surface area (Å²) in [6.45, 7) is 2.01. The number of amides is 1. The van der Waals surface area contributed by atoms with Gasteiger partial charge in [0.05, 0.1) is 34.0 Å². The number of aromatic nitrogens is 1. The third-order valence-electron chi connectivity index (χ3n) is 4.47. The predicted octanol–water partition coefficient (Wildman–Crippen LogP) is 3.53. The lowest BCUT2D eigenvalue weighted by Crippen LogP contribution is -2.22. The minimum Gasteiger partial charge on any atom is -0.495 e. The number of methoxy groups -OCH3 is 1. The Bertz CT molecular complexity index is 1190. The Hall–Kier alpha value is -2.62. The zero-order valence-corrected chi connectivity index (χ0v) is 18.8. The number of benzene rings is 2. The molecular weight excluding hydrogens is 422 g/mol. The Balaban J connectivity index is 1.76. The van der Waals surface area contributed by atoms with Gasteiger partial charge in [-0.05, 0) is 42.8 Å². The first-order chi connectivity index (χ1) is 14.2. The number of pyridine rings is 1. The molecule has 0 atom stereocenters. The van der Waals surface area contributed by atoms with Crippen LogP contribution in [0.4, 0.5) is 5.69 Å². The molecule has 9 heteroatoms. The Morgan fingerprint density at radius 2 is 1.90 bits per heavy atom. The number of thioether (sulfide) groups is 1. The Morgan fingerprint density at radius 1 is 1.17 bits per heavy atom. The van der Waals surface area contributed by atoms with Crippen molar-refractivity contribution in [3.63, 3.8) is 0 Å². The number of nitrogens with one attached hydrogen (secondary N) is 1. The summed E-state index contributed by atoms with van der Waals surface area (Å²) in [5.41, 5.74) is 2.27. The fourth-order valence-electron chi connectivity index (χ4n) is 2.87. The summed E-state index contributed by atoms with van der Waals surface area (Å²) in [7, 11) is 0.733. The van der Waals surface area contributed by atoms with Crippen LogP contribution >= 0.6 is 11.8 Å². The van der Waals surface area contributed by atoms with E-state index < -0.39 is 10.0 Å². The number of carbonyl (C=O) groups is 1. The molecule has 158 valence electrons. The van der Waals surface area contributed by atoms with Crippen molar-refractivity contribution in [1.29, 1.82) is 0 Å². The van der Waals surface area contributed by atoms with E-state index in [0.717, 1.165) is 25.8 Å². The number of hydrogen-bond acceptors (Lipinski definition) is 6. The minimum atomic E-state index is -3.63. The number of ether oxygens (including phenoxy) is 1. The van der Waals surface area contributed by atoms with Crippen LogP contribution in [0, 0.1) is 6.92 Å². The van der Waals surface area contributed by atoms with Crippen molar-refractivity contribution in [3.05, 3.63) is 54.1 Å². The summed E-state index contributed by atoms with van der Waals surface area (Å²) in [5, 5.41) is 4.57. The zero-order chi connectivity index (χ0) is 21.9. The van der Waals surface area contributed by atoms with Crippen LogP contribution in [0.15, 0.2) is 58.5 Å². The second-order valence-electron chi connectivity index (χ2n) is 6.78. The molecule has 0 unspecified atom stereocenters. The molecule has 0 spiro atoms. The van der Waals surface area contributed by atoms with Crippen molar-refractivity contribution >= 4 is 44.3 Å². The van der Waals surface area contributed by atoms with Crippen LogP contribution in [0.1, 0.15) is 5.56 Å². The quantitative estimate of drug-likeness (QED) is 0.560. The van der Waals surface area contributed by atoms with E-state index in [0.29, 0.717) is 11.4 Å². The highest BCUT2D eigenvalue weighted by atomic mass is 32.2. The van der Waals surface area contributed by atoms with Crippen LogP contribution in [0.25, 0.3) is 10.9 Å². The number of para-hydroxylation sites is 1. The topological polar surface area (TPSA) is 88.6 Å². The van der Waals surface area contributed by atoms with E-state index >= 15 is 0 Å². The predicted molar refractivity (Wildman–Crippen MR) is 120 cm³/mol. The fraction of sp³-hybridized carbons (Fsp3) is 0.238. The van der Waals surface area contributed by atoms with Gasteiger partial charge in [0.25, 0.3) is 0 Å². The van der Waals surface area contributed by atoms with Gasteiger partial charge in [-0.1, -0.05) is 30.0 Å². The molecule has 0 radical (unpaired) electrons. The fourth-order valence-corrected chi connectivity index (χ4v) is 4.58. The van der Waals surface area contributed by atoms with Crippen molar-refractivity contribution in [2.45, 2.75) is 16.8 Å². The van der Waals surface area contributed by atoms with E-state index in [1.165, 1.54) is 51.2 Å². The second-order valence-corrected chi connectivity index (χ2v) is 9.93. The number of carbonyl (C=O) groups excluding carboxylic acids is 1. The third kappa shape index (κ3) is 4.75. The Morgan fingerprint density at radius 3 is 2.60 bits per heavy atom. The van der Waals surface area contributed by atoms with Crippen molar-refractivity contribution in [2.24, 2.45) is 0 Å². The molecule has 30 heavy (non-hydrogen) atoms. The molecule has 1 N–H and O–H groups in total. The first-order valence-corrected chi connectivity index (χ1v) is 11.5. The number of aryl methyl sites for hydroxylation is 1. The molecule has 0 saturated carbocycles. The van der Waals surface area contributed by atoms with Crippen molar-refractivity contribution < 1.29 is 17.9 Å². The van der Waals surface area contributed by atoms with Gasteiger partial charge < -0.3 is 10.1 Å². The molecule has 1 heterocycles. The maximum Gasteiger partial charge on any atom is 0.242 e. The molecule has 7 nitrogen and oxygen atoms in total. The van der Waals surface area contributed by atoms with E-state index in [4.69, 9.17) is 4.74 Å². The van der Waals surface area contributed by atoms with E-state index in [1.54, 1.807) is 0 Å². The zero-order valence-electron chi connectivity index (χ0n) is 17.2. The number of fused-ring (bicyclic) bond motifs is 1. The van der Waals surface area contributed by atoms with Gasteiger partial charge in [-0.3, -0.25) is 4.79 Å². The number of sulfonamides is 1. The molecule has 1 amide bonds. The lowest BCUT2D eigenvalue weighted by Gasteiger charge is -2.15. The second kappa shape index (κ2) is 9.03.